The number of aromatic nitrogens is 1. The molecule has 0 fully saturated rings. The van der Waals surface area contributed by atoms with Crippen LogP contribution in [0.3, 0.4) is 0 Å². The van der Waals surface area contributed by atoms with Crippen LogP contribution >= 0.6 is 0 Å². The third kappa shape index (κ3) is 3.74. The Labute approximate surface area is 78.9 Å². The molecule has 0 unspecified atom stereocenters. The zero-order chi connectivity index (χ0) is 9.68. The number of allylic oxidation sites excluding steroid dienone is 1. The third-order valence-corrected chi connectivity index (χ3v) is 1.62. The van der Waals surface area contributed by atoms with E-state index in [4.69, 9.17) is 0 Å². The summed E-state index contributed by atoms with van der Waals surface area (Å²) in [4.78, 5) is 4.09. The zero-order valence-corrected chi connectivity index (χ0v) is 8.07. The SMILES string of the molecule is CC(C)C/C(O)=C/c1ccccn1. The van der Waals surface area contributed by atoms with Crippen molar-refractivity contribution in [3.63, 3.8) is 0 Å². The molecule has 1 aromatic heterocycles. The minimum atomic E-state index is 0.397. The summed E-state index contributed by atoms with van der Waals surface area (Å²) in [6.45, 7) is 4.14. The molecule has 0 bridgehead atoms. The number of rotatable bonds is 3. The Bertz CT molecular complexity index is 277. The molecular formula is C11H15NO. The Morgan fingerprint density at radius 1 is 1.54 bits per heavy atom. The molecule has 0 aliphatic heterocycles. The van der Waals surface area contributed by atoms with E-state index in [2.05, 4.69) is 18.8 Å². The predicted octanol–water partition coefficient (Wildman–Crippen LogP) is 3.03. The van der Waals surface area contributed by atoms with Crippen molar-refractivity contribution in [3.8, 4) is 0 Å². The van der Waals surface area contributed by atoms with E-state index in [-0.39, 0.29) is 0 Å². The van der Waals surface area contributed by atoms with Gasteiger partial charge in [0, 0.05) is 18.7 Å². The lowest BCUT2D eigenvalue weighted by atomic mass is 10.1. The molecule has 0 amide bonds. The highest BCUT2D eigenvalue weighted by Gasteiger charge is 1.98. The van der Waals surface area contributed by atoms with Gasteiger partial charge in [0.25, 0.3) is 0 Å². The van der Waals surface area contributed by atoms with Crippen molar-refractivity contribution in [2.75, 3.05) is 0 Å². The average molecular weight is 177 g/mol. The number of hydrogen-bond donors (Lipinski definition) is 1. The smallest absolute Gasteiger partial charge is 0.0946 e. The lowest BCUT2D eigenvalue weighted by molar-refractivity contribution is 0.370. The van der Waals surface area contributed by atoms with E-state index in [1.54, 1.807) is 12.3 Å². The zero-order valence-electron chi connectivity index (χ0n) is 8.07. The summed E-state index contributed by atoms with van der Waals surface area (Å²) in [6.07, 6.45) is 4.13. The van der Waals surface area contributed by atoms with Gasteiger partial charge in [-0.05, 0) is 18.1 Å². The molecule has 2 heteroatoms. The number of aliphatic hydroxyl groups is 1. The van der Waals surface area contributed by atoms with Crippen LogP contribution in [0.15, 0.2) is 30.2 Å². The fraction of sp³-hybridized carbons (Fsp3) is 0.364. The standard InChI is InChI=1S/C11H15NO/c1-9(2)7-11(13)8-10-5-3-4-6-12-10/h3-6,8-9,13H,7H2,1-2H3/b11-8-. The normalized spacial score (nSPS) is 12.1. The molecule has 1 heterocycles. The second-order valence-corrected chi connectivity index (χ2v) is 3.49. The summed E-state index contributed by atoms with van der Waals surface area (Å²) in [5.74, 6) is 0.869. The van der Waals surface area contributed by atoms with Gasteiger partial charge in [-0.25, -0.2) is 0 Å². The van der Waals surface area contributed by atoms with E-state index < -0.39 is 0 Å². The highest BCUT2D eigenvalue weighted by atomic mass is 16.3. The minimum absolute atomic E-state index is 0.397. The van der Waals surface area contributed by atoms with Crippen molar-refractivity contribution < 1.29 is 5.11 Å². The van der Waals surface area contributed by atoms with Gasteiger partial charge in [-0.1, -0.05) is 19.9 Å². The molecule has 1 rings (SSSR count). The second-order valence-electron chi connectivity index (χ2n) is 3.49. The maximum Gasteiger partial charge on any atom is 0.0946 e. The molecule has 0 aliphatic rings. The Kier molecular flexibility index (Phi) is 3.50. The molecule has 0 radical (unpaired) electrons. The molecule has 0 atom stereocenters. The summed E-state index contributed by atoms with van der Waals surface area (Å²) >= 11 is 0. The van der Waals surface area contributed by atoms with E-state index in [9.17, 15) is 5.11 Å². The van der Waals surface area contributed by atoms with Gasteiger partial charge in [-0.3, -0.25) is 4.98 Å². The van der Waals surface area contributed by atoms with Crippen LogP contribution in [0.25, 0.3) is 6.08 Å². The molecule has 0 saturated carbocycles. The number of nitrogens with zero attached hydrogens (tertiary/aromatic N) is 1. The summed E-state index contributed by atoms with van der Waals surface area (Å²) in [5, 5.41) is 9.49. The van der Waals surface area contributed by atoms with Crippen LogP contribution < -0.4 is 0 Å². The molecule has 0 aliphatic carbocycles. The molecule has 0 saturated heterocycles. The first-order chi connectivity index (χ1) is 6.18. The van der Waals surface area contributed by atoms with Gasteiger partial charge < -0.3 is 5.11 Å². The summed E-state index contributed by atoms with van der Waals surface area (Å²) in [7, 11) is 0. The Balaban J connectivity index is 2.66. The number of hydrogen-bond acceptors (Lipinski definition) is 2. The van der Waals surface area contributed by atoms with Crippen molar-refractivity contribution in [1.82, 2.24) is 4.98 Å². The van der Waals surface area contributed by atoms with Crippen LogP contribution in [0.1, 0.15) is 26.0 Å². The molecule has 1 aromatic rings. The highest BCUT2D eigenvalue weighted by Crippen LogP contribution is 2.10. The maximum atomic E-state index is 9.49. The molecule has 13 heavy (non-hydrogen) atoms. The van der Waals surface area contributed by atoms with Gasteiger partial charge >= 0.3 is 0 Å². The van der Waals surface area contributed by atoms with E-state index in [0.29, 0.717) is 18.1 Å². The lowest BCUT2D eigenvalue weighted by Gasteiger charge is -2.02. The lowest BCUT2D eigenvalue weighted by Crippen LogP contribution is -1.90. The number of aliphatic hydroxyl groups excluding tert-OH is 1. The van der Waals surface area contributed by atoms with Crippen LogP contribution in [-0.4, -0.2) is 10.1 Å². The highest BCUT2D eigenvalue weighted by molar-refractivity contribution is 5.45. The topological polar surface area (TPSA) is 33.1 Å². The molecule has 2 nitrogen and oxygen atoms in total. The first kappa shape index (κ1) is 9.78. The summed E-state index contributed by atoms with van der Waals surface area (Å²) in [5.41, 5.74) is 0.806. The molecule has 1 N–H and O–H groups in total. The van der Waals surface area contributed by atoms with Gasteiger partial charge in [0.05, 0.1) is 11.5 Å². The van der Waals surface area contributed by atoms with Crippen molar-refractivity contribution in [1.29, 1.82) is 0 Å². The van der Waals surface area contributed by atoms with Gasteiger partial charge in [0.15, 0.2) is 0 Å². The van der Waals surface area contributed by atoms with Crippen LogP contribution in [0, 0.1) is 5.92 Å². The monoisotopic (exact) mass is 177 g/mol. The largest absolute Gasteiger partial charge is 0.512 e. The quantitative estimate of drug-likeness (QED) is 0.720. The van der Waals surface area contributed by atoms with E-state index in [0.717, 1.165) is 5.69 Å². The molecule has 70 valence electrons. The molecular weight excluding hydrogens is 162 g/mol. The van der Waals surface area contributed by atoms with Gasteiger partial charge in [-0.2, -0.15) is 0 Å². The van der Waals surface area contributed by atoms with Crippen LogP contribution in [0.5, 0.6) is 0 Å². The van der Waals surface area contributed by atoms with Crippen molar-refractivity contribution in [3.05, 3.63) is 35.8 Å². The minimum Gasteiger partial charge on any atom is -0.512 e. The summed E-state index contributed by atoms with van der Waals surface area (Å²) < 4.78 is 0. The molecule has 0 aromatic carbocycles. The Hall–Kier alpha value is -1.31. The maximum absolute atomic E-state index is 9.49. The van der Waals surface area contributed by atoms with E-state index in [1.807, 2.05) is 18.2 Å². The third-order valence-electron chi connectivity index (χ3n) is 1.62. The van der Waals surface area contributed by atoms with Crippen LogP contribution in [0.4, 0.5) is 0 Å². The van der Waals surface area contributed by atoms with Gasteiger partial charge in [0.2, 0.25) is 0 Å². The molecule has 0 spiro atoms. The Morgan fingerprint density at radius 3 is 2.85 bits per heavy atom. The van der Waals surface area contributed by atoms with Crippen molar-refractivity contribution >= 4 is 6.08 Å². The van der Waals surface area contributed by atoms with E-state index >= 15 is 0 Å². The van der Waals surface area contributed by atoms with Gasteiger partial charge in [-0.15, -0.1) is 0 Å². The predicted molar refractivity (Wildman–Crippen MR) is 54.3 cm³/mol. The average Bonchev–Trinajstić information content (AvgIpc) is 2.04. The van der Waals surface area contributed by atoms with Crippen molar-refractivity contribution in [2.45, 2.75) is 20.3 Å². The van der Waals surface area contributed by atoms with Crippen molar-refractivity contribution in [2.24, 2.45) is 5.92 Å². The fourth-order valence-corrected chi connectivity index (χ4v) is 1.11. The van der Waals surface area contributed by atoms with E-state index in [1.165, 1.54) is 0 Å². The Morgan fingerprint density at radius 2 is 2.31 bits per heavy atom. The fourth-order valence-electron chi connectivity index (χ4n) is 1.11. The second kappa shape index (κ2) is 4.65. The first-order valence-electron chi connectivity index (χ1n) is 4.49. The summed E-state index contributed by atoms with van der Waals surface area (Å²) in [6, 6.07) is 5.63. The first-order valence-corrected chi connectivity index (χ1v) is 4.49. The van der Waals surface area contributed by atoms with Gasteiger partial charge in [0.1, 0.15) is 0 Å². The van der Waals surface area contributed by atoms with Crippen LogP contribution in [-0.2, 0) is 0 Å². The van der Waals surface area contributed by atoms with Crippen LogP contribution in [0.2, 0.25) is 0 Å². The number of pyridine rings is 1.